The lowest BCUT2D eigenvalue weighted by atomic mass is 10.2. The van der Waals surface area contributed by atoms with E-state index in [9.17, 15) is 13.2 Å². The predicted octanol–water partition coefficient (Wildman–Crippen LogP) is 5.14. The van der Waals surface area contributed by atoms with Gasteiger partial charge < -0.3 is 9.73 Å². The minimum atomic E-state index is -3.89. The molecule has 4 aromatic rings. The Hall–Kier alpha value is -3.29. The molecule has 0 atom stereocenters. The van der Waals surface area contributed by atoms with Crippen LogP contribution < -0.4 is 10.0 Å². The van der Waals surface area contributed by atoms with E-state index < -0.39 is 15.9 Å². The highest BCUT2D eigenvalue weighted by molar-refractivity contribution is 7.92. The lowest BCUT2D eigenvalue weighted by Crippen LogP contribution is -2.15. The lowest BCUT2D eigenvalue weighted by molar-refractivity contribution is 0.0998. The summed E-state index contributed by atoms with van der Waals surface area (Å²) in [7, 11) is -3.89. The minimum absolute atomic E-state index is 0.0141. The zero-order chi connectivity index (χ0) is 20.4. The zero-order valence-corrected chi connectivity index (χ0v) is 16.5. The summed E-state index contributed by atoms with van der Waals surface area (Å²) < 4.78 is 33.3. The number of anilines is 2. The van der Waals surface area contributed by atoms with Gasteiger partial charge in [0.2, 0.25) is 0 Å². The van der Waals surface area contributed by atoms with Crippen LogP contribution in [0.3, 0.4) is 0 Å². The molecule has 4 rings (SSSR count). The molecule has 0 fully saturated rings. The number of halogens is 1. The van der Waals surface area contributed by atoms with Gasteiger partial charge in [-0.2, -0.15) is 0 Å². The second-order valence-electron chi connectivity index (χ2n) is 6.22. The SMILES string of the molecule is O=C(Nc1cccc(S(=O)(=O)Nc2ccccc2Cl)c1)c1cc2ccccc2o1. The quantitative estimate of drug-likeness (QED) is 0.462. The molecule has 8 heteroatoms. The molecular weight excluding hydrogens is 412 g/mol. The number of rotatable bonds is 5. The zero-order valence-electron chi connectivity index (χ0n) is 14.9. The van der Waals surface area contributed by atoms with E-state index in [2.05, 4.69) is 10.0 Å². The normalized spacial score (nSPS) is 11.3. The van der Waals surface area contributed by atoms with Gasteiger partial charge >= 0.3 is 0 Å². The van der Waals surface area contributed by atoms with Gasteiger partial charge in [0.15, 0.2) is 5.76 Å². The van der Waals surface area contributed by atoms with E-state index in [1.807, 2.05) is 18.2 Å². The van der Waals surface area contributed by atoms with Crippen LogP contribution in [-0.4, -0.2) is 14.3 Å². The Balaban J connectivity index is 1.56. The van der Waals surface area contributed by atoms with Crippen molar-refractivity contribution in [2.45, 2.75) is 4.90 Å². The highest BCUT2D eigenvalue weighted by Crippen LogP contribution is 2.25. The number of para-hydroxylation sites is 2. The molecule has 0 aliphatic rings. The maximum atomic E-state index is 12.7. The van der Waals surface area contributed by atoms with Gasteiger partial charge in [-0.3, -0.25) is 9.52 Å². The van der Waals surface area contributed by atoms with Gasteiger partial charge in [0.05, 0.1) is 15.6 Å². The third kappa shape index (κ3) is 4.11. The summed E-state index contributed by atoms with van der Waals surface area (Å²) in [5.41, 5.74) is 1.18. The van der Waals surface area contributed by atoms with Gasteiger partial charge in [-0.25, -0.2) is 8.42 Å². The van der Waals surface area contributed by atoms with Crippen LogP contribution in [0.5, 0.6) is 0 Å². The van der Waals surface area contributed by atoms with Crippen LogP contribution in [0.15, 0.2) is 88.2 Å². The third-order valence-corrected chi connectivity index (χ3v) is 5.86. The average molecular weight is 427 g/mol. The van der Waals surface area contributed by atoms with Crippen LogP contribution >= 0.6 is 11.6 Å². The van der Waals surface area contributed by atoms with Crippen molar-refractivity contribution < 1.29 is 17.6 Å². The second kappa shape index (κ2) is 7.62. The number of hydrogen-bond donors (Lipinski definition) is 2. The van der Waals surface area contributed by atoms with Gasteiger partial charge in [-0.1, -0.05) is 48.0 Å². The molecule has 3 aromatic carbocycles. The highest BCUT2D eigenvalue weighted by Gasteiger charge is 2.18. The smallest absolute Gasteiger partial charge is 0.291 e. The van der Waals surface area contributed by atoms with Gasteiger partial charge in [-0.05, 0) is 42.5 Å². The molecule has 0 unspecified atom stereocenters. The van der Waals surface area contributed by atoms with Gasteiger partial charge in [0, 0.05) is 11.1 Å². The van der Waals surface area contributed by atoms with E-state index in [0.29, 0.717) is 11.3 Å². The number of hydrogen-bond acceptors (Lipinski definition) is 4. The third-order valence-electron chi connectivity index (χ3n) is 4.17. The summed E-state index contributed by atoms with van der Waals surface area (Å²) in [5.74, 6) is -0.344. The molecule has 0 saturated heterocycles. The first-order valence-electron chi connectivity index (χ1n) is 8.60. The van der Waals surface area contributed by atoms with Gasteiger partial charge in [0.25, 0.3) is 15.9 Å². The minimum Gasteiger partial charge on any atom is -0.451 e. The van der Waals surface area contributed by atoms with Gasteiger partial charge in [0.1, 0.15) is 5.58 Å². The Labute approximate surface area is 172 Å². The van der Waals surface area contributed by atoms with E-state index in [0.717, 1.165) is 5.39 Å². The van der Waals surface area contributed by atoms with E-state index >= 15 is 0 Å². The molecule has 0 aliphatic carbocycles. The number of furan rings is 1. The number of carbonyl (C=O) groups excluding carboxylic acids is 1. The number of fused-ring (bicyclic) bond motifs is 1. The Morgan fingerprint density at radius 2 is 1.66 bits per heavy atom. The Kier molecular flexibility index (Phi) is 5.00. The summed E-state index contributed by atoms with van der Waals surface area (Å²) >= 11 is 6.02. The Bertz CT molecular complexity index is 1280. The van der Waals surface area contributed by atoms with Crippen LogP contribution in [0, 0.1) is 0 Å². The van der Waals surface area contributed by atoms with Crippen LogP contribution in [-0.2, 0) is 10.0 Å². The number of nitrogens with one attached hydrogen (secondary N) is 2. The summed E-state index contributed by atoms with van der Waals surface area (Å²) in [6, 6.07) is 21.3. The number of sulfonamides is 1. The molecule has 1 amide bonds. The Morgan fingerprint density at radius 1 is 0.897 bits per heavy atom. The first-order chi connectivity index (χ1) is 13.9. The molecule has 2 N–H and O–H groups in total. The molecule has 0 bridgehead atoms. The topological polar surface area (TPSA) is 88.4 Å². The van der Waals surface area contributed by atoms with Crippen molar-refractivity contribution in [3.05, 3.63) is 89.6 Å². The van der Waals surface area contributed by atoms with Crippen molar-refractivity contribution in [1.82, 2.24) is 0 Å². The fourth-order valence-corrected chi connectivity index (χ4v) is 4.14. The first kappa shape index (κ1) is 19.0. The van der Waals surface area contributed by atoms with Crippen LogP contribution in [0.25, 0.3) is 11.0 Å². The summed E-state index contributed by atoms with van der Waals surface area (Å²) in [4.78, 5) is 12.5. The molecule has 1 aromatic heterocycles. The molecule has 146 valence electrons. The highest BCUT2D eigenvalue weighted by atomic mass is 35.5. The second-order valence-corrected chi connectivity index (χ2v) is 8.31. The van der Waals surface area contributed by atoms with E-state index in [-0.39, 0.29) is 21.4 Å². The van der Waals surface area contributed by atoms with Crippen molar-refractivity contribution in [3.63, 3.8) is 0 Å². The molecule has 0 spiro atoms. The number of benzene rings is 3. The van der Waals surface area contributed by atoms with Crippen molar-refractivity contribution >= 4 is 49.9 Å². The van der Waals surface area contributed by atoms with Crippen LogP contribution in [0.4, 0.5) is 11.4 Å². The molecule has 1 heterocycles. The summed E-state index contributed by atoms with van der Waals surface area (Å²) in [6.07, 6.45) is 0. The monoisotopic (exact) mass is 426 g/mol. The summed E-state index contributed by atoms with van der Waals surface area (Å²) in [5, 5.41) is 3.74. The largest absolute Gasteiger partial charge is 0.451 e. The maximum Gasteiger partial charge on any atom is 0.291 e. The van der Waals surface area contributed by atoms with Crippen LogP contribution in [0.2, 0.25) is 5.02 Å². The van der Waals surface area contributed by atoms with Gasteiger partial charge in [-0.15, -0.1) is 0 Å². The van der Waals surface area contributed by atoms with E-state index in [4.69, 9.17) is 16.0 Å². The summed E-state index contributed by atoms with van der Waals surface area (Å²) in [6.45, 7) is 0. The molecule has 6 nitrogen and oxygen atoms in total. The number of carbonyl (C=O) groups is 1. The van der Waals surface area contributed by atoms with Crippen molar-refractivity contribution in [3.8, 4) is 0 Å². The molecule has 29 heavy (non-hydrogen) atoms. The molecule has 0 aliphatic heterocycles. The fourth-order valence-electron chi connectivity index (χ4n) is 2.78. The maximum absolute atomic E-state index is 12.7. The molecule has 0 radical (unpaired) electrons. The standard InChI is InChI=1S/C21H15ClN2O4S/c22-17-9-2-3-10-18(17)24-29(26,27)16-8-5-7-15(13-16)23-21(25)20-12-14-6-1-4-11-19(14)28-20/h1-13,24H,(H,23,25). The predicted molar refractivity (Wildman–Crippen MR) is 113 cm³/mol. The van der Waals surface area contributed by atoms with Crippen LogP contribution in [0.1, 0.15) is 10.6 Å². The fraction of sp³-hybridized carbons (Fsp3) is 0. The number of amides is 1. The van der Waals surface area contributed by atoms with E-state index in [1.54, 1.807) is 42.5 Å². The molecular formula is C21H15ClN2O4S. The lowest BCUT2D eigenvalue weighted by Gasteiger charge is -2.11. The Morgan fingerprint density at radius 3 is 2.45 bits per heavy atom. The van der Waals surface area contributed by atoms with Crippen molar-refractivity contribution in [2.24, 2.45) is 0 Å². The van der Waals surface area contributed by atoms with Crippen molar-refractivity contribution in [1.29, 1.82) is 0 Å². The van der Waals surface area contributed by atoms with E-state index in [1.165, 1.54) is 18.2 Å². The molecule has 0 saturated carbocycles. The first-order valence-corrected chi connectivity index (χ1v) is 10.5. The van der Waals surface area contributed by atoms with Crippen molar-refractivity contribution in [2.75, 3.05) is 10.0 Å². The average Bonchev–Trinajstić information content (AvgIpc) is 3.14.